The molecule has 1 N–H and O–H groups in total. The van der Waals surface area contributed by atoms with Crippen molar-refractivity contribution in [3.05, 3.63) is 70.7 Å². The van der Waals surface area contributed by atoms with Crippen LogP contribution in [0.15, 0.2) is 53.9 Å². The standard InChI is InChI=1S/C23H26N4OS/c1-17-8-9-20(14-18(17)2)25-23(28)27-12-10-26(11-13-27)15-21-16-29-22(24-21)19-6-4-3-5-7-19/h3-9,14,16H,10-13,15H2,1-2H3,(H,25,28). The summed E-state index contributed by atoms with van der Waals surface area (Å²) >= 11 is 1.69. The number of amides is 2. The first-order valence-corrected chi connectivity index (χ1v) is 10.8. The van der Waals surface area contributed by atoms with Gasteiger partial charge in [0.05, 0.1) is 5.69 Å². The number of piperazine rings is 1. The Kier molecular flexibility index (Phi) is 5.92. The molecule has 5 nitrogen and oxygen atoms in total. The third kappa shape index (κ3) is 4.83. The number of nitrogens with one attached hydrogen (secondary N) is 1. The Morgan fingerprint density at radius 2 is 1.79 bits per heavy atom. The summed E-state index contributed by atoms with van der Waals surface area (Å²) in [5.74, 6) is 0. The van der Waals surface area contributed by atoms with Crippen LogP contribution in [-0.2, 0) is 6.54 Å². The minimum absolute atomic E-state index is 0.0204. The van der Waals surface area contributed by atoms with Gasteiger partial charge in [0.25, 0.3) is 0 Å². The van der Waals surface area contributed by atoms with Crippen LogP contribution in [0.25, 0.3) is 10.6 Å². The summed E-state index contributed by atoms with van der Waals surface area (Å²) in [6.45, 7) is 8.14. The Bertz CT molecular complexity index is 978. The zero-order valence-corrected chi connectivity index (χ0v) is 17.7. The van der Waals surface area contributed by atoms with Gasteiger partial charge in [0.2, 0.25) is 0 Å². The number of carbonyl (C=O) groups is 1. The first-order valence-electron chi connectivity index (χ1n) is 9.94. The molecule has 29 heavy (non-hydrogen) atoms. The van der Waals surface area contributed by atoms with Crippen LogP contribution in [0.2, 0.25) is 0 Å². The smallest absolute Gasteiger partial charge is 0.321 e. The van der Waals surface area contributed by atoms with E-state index in [2.05, 4.69) is 41.6 Å². The fraction of sp³-hybridized carbons (Fsp3) is 0.304. The second kappa shape index (κ2) is 8.76. The minimum Gasteiger partial charge on any atom is -0.322 e. The molecule has 1 aliphatic heterocycles. The highest BCUT2D eigenvalue weighted by molar-refractivity contribution is 7.13. The van der Waals surface area contributed by atoms with Crippen LogP contribution in [0.1, 0.15) is 16.8 Å². The summed E-state index contributed by atoms with van der Waals surface area (Å²) in [5, 5.41) is 6.23. The monoisotopic (exact) mass is 406 g/mol. The second-order valence-electron chi connectivity index (χ2n) is 7.50. The van der Waals surface area contributed by atoms with Crippen LogP contribution in [0.5, 0.6) is 0 Å². The minimum atomic E-state index is -0.0204. The maximum Gasteiger partial charge on any atom is 0.321 e. The number of carbonyl (C=O) groups excluding carboxylic acids is 1. The molecule has 2 aromatic carbocycles. The molecule has 2 amide bonds. The third-order valence-electron chi connectivity index (χ3n) is 5.38. The lowest BCUT2D eigenvalue weighted by Gasteiger charge is -2.34. The molecule has 150 valence electrons. The molecule has 3 aromatic rings. The van der Waals surface area contributed by atoms with E-state index in [-0.39, 0.29) is 6.03 Å². The van der Waals surface area contributed by atoms with Gasteiger partial charge in [0, 0.05) is 49.4 Å². The van der Waals surface area contributed by atoms with E-state index in [0.717, 1.165) is 54.7 Å². The van der Waals surface area contributed by atoms with Gasteiger partial charge in [-0.1, -0.05) is 36.4 Å². The summed E-state index contributed by atoms with van der Waals surface area (Å²) in [7, 11) is 0. The van der Waals surface area contributed by atoms with E-state index in [4.69, 9.17) is 4.98 Å². The lowest BCUT2D eigenvalue weighted by atomic mass is 10.1. The zero-order valence-electron chi connectivity index (χ0n) is 16.9. The van der Waals surface area contributed by atoms with Crippen molar-refractivity contribution in [2.75, 3.05) is 31.5 Å². The highest BCUT2D eigenvalue weighted by Gasteiger charge is 2.22. The maximum absolute atomic E-state index is 12.6. The molecule has 0 saturated carbocycles. The van der Waals surface area contributed by atoms with E-state index in [9.17, 15) is 4.79 Å². The molecule has 0 bridgehead atoms. The molecule has 0 unspecified atom stereocenters. The molecule has 0 aliphatic carbocycles. The molecule has 0 radical (unpaired) electrons. The molecule has 2 heterocycles. The van der Waals surface area contributed by atoms with Gasteiger partial charge in [-0.3, -0.25) is 4.90 Å². The van der Waals surface area contributed by atoms with Gasteiger partial charge < -0.3 is 10.2 Å². The SMILES string of the molecule is Cc1ccc(NC(=O)N2CCN(Cc3csc(-c4ccccc4)n3)CC2)cc1C. The first-order chi connectivity index (χ1) is 14.1. The Balaban J connectivity index is 1.29. The van der Waals surface area contributed by atoms with E-state index in [1.165, 1.54) is 11.1 Å². The van der Waals surface area contributed by atoms with Crippen LogP contribution in [0, 0.1) is 13.8 Å². The normalized spacial score (nSPS) is 14.8. The van der Waals surface area contributed by atoms with Crippen molar-refractivity contribution in [1.82, 2.24) is 14.8 Å². The third-order valence-corrected chi connectivity index (χ3v) is 6.32. The number of nitrogens with zero attached hydrogens (tertiary/aromatic N) is 3. The number of aryl methyl sites for hydroxylation is 2. The van der Waals surface area contributed by atoms with Crippen LogP contribution in [0.4, 0.5) is 10.5 Å². The van der Waals surface area contributed by atoms with Gasteiger partial charge in [-0.15, -0.1) is 11.3 Å². The van der Waals surface area contributed by atoms with E-state index < -0.39 is 0 Å². The van der Waals surface area contributed by atoms with Crippen LogP contribution >= 0.6 is 11.3 Å². The van der Waals surface area contributed by atoms with Crippen LogP contribution in [-0.4, -0.2) is 47.0 Å². The topological polar surface area (TPSA) is 48.5 Å². The Morgan fingerprint density at radius 1 is 1.03 bits per heavy atom. The molecular weight excluding hydrogens is 380 g/mol. The number of hydrogen-bond acceptors (Lipinski definition) is 4. The summed E-state index contributed by atoms with van der Waals surface area (Å²) in [5.41, 5.74) is 5.54. The molecule has 1 fully saturated rings. The molecule has 6 heteroatoms. The van der Waals surface area contributed by atoms with Crippen molar-refractivity contribution in [1.29, 1.82) is 0 Å². The van der Waals surface area contributed by atoms with E-state index >= 15 is 0 Å². The Labute approximate surface area is 176 Å². The van der Waals surface area contributed by atoms with Gasteiger partial charge in [0.15, 0.2) is 0 Å². The van der Waals surface area contributed by atoms with Crippen LogP contribution in [0.3, 0.4) is 0 Å². The largest absolute Gasteiger partial charge is 0.322 e. The number of hydrogen-bond donors (Lipinski definition) is 1. The van der Waals surface area contributed by atoms with Gasteiger partial charge >= 0.3 is 6.03 Å². The van der Waals surface area contributed by atoms with Crippen molar-refractivity contribution in [2.45, 2.75) is 20.4 Å². The average molecular weight is 407 g/mol. The fourth-order valence-electron chi connectivity index (χ4n) is 3.45. The molecule has 1 aliphatic rings. The number of aromatic nitrogens is 1. The predicted molar refractivity (Wildman–Crippen MR) is 119 cm³/mol. The van der Waals surface area contributed by atoms with E-state index in [1.54, 1.807) is 11.3 Å². The highest BCUT2D eigenvalue weighted by atomic mass is 32.1. The first kappa shape index (κ1) is 19.6. The van der Waals surface area contributed by atoms with Crippen molar-refractivity contribution < 1.29 is 4.79 Å². The number of benzene rings is 2. The highest BCUT2D eigenvalue weighted by Crippen LogP contribution is 2.24. The molecular formula is C23H26N4OS. The number of anilines is 1. The Morgan fingerprint density at radius 3 is 2.52 bits per heavy atom. The maximum atomic E-state index is 12.6. The van der Waals surface area contributed by atoms with Crippen molar-refractivity contribution in [3.8, 4) is 10.6 Å². The number of urea groups is 1. The molecule has 4 rings (SSSR count). The van der Waals surface area contributed by atoms with Gasteiger partial charge in [-0.2, -0.15) is 0 Å². The van der Waals surface area contributed by atoms with E-state index in [0.29, 0.717) is 0 Å². The molecule has 1 aromatic heterocycles. The fourth-order valence-corrected chi connectivity index (χ4v) is 4.27. The van der Waals surface area contributed by atoms with E-state index in [1.807, 2.05) is 41.3 Å². The summed E-state index contributed by atoms with van der Waals surface area (Å²) in [6, 6.07) is 16.3. The lowest BCUT2D eigenvalue weighted by molar-refractivity contribution is 0.142. The number of thiazole rings is 1. The van der Waals surface area contributed by atoms with Crippen molar-refractivity contribution in [2.24, 2.45) is 0 Å². The summed E-state index contributed by atoms with van der Waals surface area (Å²) < 4.78 is 0. The van der Waals surface area contributed by atoms with Gasteiger partial charge in [-0.25, -0.2) is 9.78 Å². The summed E-state index contributed by atoms with van der Waals surface area (Å²) in [4.78, 5) is 21.6. The van der Waals surface area contributed by atoms with Crippen molar-refractivity contribution in [3.63, 3.8) is 0 Å². The second-order valence-corrected chi connectivity index (χ2v) is 8.36. The van der Waals surface area contributed by atoms with Gasteiger partial charge in [-0.05, 0) is 37.1 Å². The predicted octanol–water partition coefficient (Wildman–Crippen LogP) is 4.78. The average Bonchev–Trinajstić information content (AvgIpc) is 3.20. The molecule has 0 atom stereocenters. The Hall–Kier alpha value is -2.70. The quantitative estimate of drug-likeness (QED) is 0.678. The van der Waals surface area contributed by atoms with Crippen LogP contribution < -0.4 is 5.32 Å². The molecule has 0 spiro atoms. The summed E-state index contributed by atoms with van der Waals surface area (Å²) in [6.07, 6.45) is 0. The van der Waals surface area contributed by atoms with Crippen molar-refractivity contribution >= 4 is 23.1 Å². The lowest BCUT2D eigenvalue weighted by Crippen LogP contribution is -2.49. The molecule has 1 saturated heterocycles. The zero-order chi connectivity index (χ0) is 20.2. The van der Waals surface area contributed by atoms with Gasteiger partial charge in [0.1, 0.15) is 5.01 Å². The number of rotatable bonds is 4.